The first kappa shape index (κ1) is 17.6. The molecule has 0 spiro atoms. The van der Waals surface area contributed by atoms with Crippen LogP contribution in [0, 0.1) is 0 Å². The summed E-state index contributed by atoms with van der Waals surface area (Å²) in [6.07, 6.45) is 4.79. The van der Waals surface area contributed by atoms with Crippen LogP contribution in [0.5, 0.6) is 5.75 Å². The van der Waals surface area contributed by atoms with E-state index in [0.717, 1.165) is 22.6 Å². The zero-order valence-corrected chi connectivity index (χ0v) is 14.7. The lowest BCUT2D eigenvalue weighted by molar-refractivity contribution is 0.108. The van der Waals surface area contributed by atoms with Crippen LogP contribution in [-0.4, -0.2) is 11.7 Å². The van der Waals surface area contributed by atoms with Crippen molar-refractivity contribution in [3.8, 4) is 5.75 Å². The second-order valence-electron chi connectivity index (χ2n) is 5.45. The average molecular weight is 328 g/mol. The van der Waals surface area contributed by atoms with Gasteiger partial charge in [0.1, 0.15) is 5.75 Å². The Labute approximate surface area is 143 Å². The molecule has 2 rings (SSSR count). The summed E-state index contributed by atoms with van der Waals surface area (Å²) in [6, 6.07) is 15.7. The van der Waals surface area contributed by atoms with E-state index in [2.05, 4.69) is 19.1 Å². The molecular formula is C20H24O2S. The molecule has 0 unspecified atom stereocenters. The number of rotatable bonds is 8. The molecule has 23 heavy (non-hydrogen) atoms. The maximum Gasteiger partial charge on any atom is 0.224 e. The molecule has 0 fully saturated rings. The number of aryl methyl sites for hydroxylation is 1. The molecule has 122 valence electrons. The number of ether oxygens (including phenoxy) is 1. The third kappa shape index (κ3) is 5.76. The van der Waals surface area contributed by atoms with Gasteiger partial charge in [-0.15, -0.1) is 0 Å². The molecule has 2 aromatic carbocycles. The fourth-order valence-electron chi connectivity index (χ4n) is 2.32. The molecule has 0 saturated heterocycles. The van der Waals surface area contributed by atoms with Crippen LogP contribution in [0.15, 0.2) is 53.4 Å². The van der Waals surface area contributed by atoms with Gasteiger partial charge in [-0.05, 0) is 61.4 Å². The molecule has 0 saturated carbocycles. The van der Waals surface area contributed by atoms with Crippen LogP contribution < -0.4 is 4.74 Å². The van der Waals surface area contributed by atoms with Gasteiger partial charge in [-0.25, -0.2) is 0 Å². The van der Waals surface area contributed by atoms with E-state index in [0.29, 0.717) is 6.61 Å². The maximum atomic E-state index is 12.3. The minimum absolute atomic E-state index is 0.0780. The highest BCUT2D eigenvalue weighted by atomic mass is 32.2. The maximum absolute atomic E-state index is 12.3. The first-order valence-corrected chi connectivity index (χ1v) is 9.08. The molecule has 2 nitrogen and oxygen atoms in total. The summed E-state index contributed by atoms with van der Waals surface area (Å²) < 4.78 is 5.41. The molecule has 2 aromatic rings. The van der Waals surface area contributed by atoms with E-state index in [9.17, 15) is 4.79 Å². The molecule has 0 aliphatic heterocycles. The van der Waals surface area contributed by atoms with Crippen molar-refractivity contribution in [3.63, 3.8) is 0 Å². The van der Waals surface area contributed by atoms with Gasteiger partial charge < -0.3 is 4.74 Å². The van der Waals surface area contributed by atoms with Gasteiger partial charge in [-0.3, -0.25) is 4.79 Å². The van der Waals surface area contributed by atoms with E-state index in [-0.39, 0.29) is 5.12 Å². The summed E-state index contributed by atoms with van der Waals surface area (Å²) in [4.78, 5) is 13.3. The quantitative estimate of drug-likeness (QED) is 0.456. The summed E-state index contributed by atoms with van der Waals surface area (Å²) in [7, 11) is 0. The Morgan fingerprint density at radius 1 is 0.957 bits per heavy atom. The smallest absolute Gasteiger partial charge is 0.224 e. The highest BCUT2D eigenvalue weighted by molar-refractivity contribution is 8.14. The minimum Gasteiger partial charge on any atom is -0.494 e. The van der Waals surface area contributed by atoms with E-state index < -0.39 is 0 Å². The second kappa shape index (κ2) is 9.41. The summed E-state index contributed by atoms with van der Waals surface area (Å²) in [5.41, 5.74) is 2.06. The van der Waals surface area contributed by atoms with Crippen LogP contribution in [0.1, 0.15) is 49.0 Å². The molecule has 0 aliphatic carbocycles. The number of hydrogen-bond acceptors (Lipinski definition) is 3. The van der Waals surface area contributed by atoms with Crippen LogP contribution in [-0.2, 0) is 6.42 Å². The third-order valence-corrected chi connectivity index (χ3v) is 4.53. The van der Waals surface area contributed by atoms with Gasteiger partial charge in [0.05, 0.1) is 6.61 Å². The Balaban J connectivity index is 1.92. The lowest BCUT2D eigenvalue weighted by atomic mass is 10.1. The number of carbonyl (C=O) groups is 1. The van der Waals surface area contributed by atoms with Crippen LogP contribution in [0.2, 0.25) is 0 Å². The molecule has 0 heterocycles. The van der Waals surface area contributed by atoms with Gasteiger partial charge in [0.15, 0.2) is 0 Å². The van der Waals surface area contributed by atoms with Crippen molar-refractivity contribution in [1.29, 1.82) is 0 Å². The van der Waals surface area contributed by atoms with Crippen molar-refractivity contribution in [1.82, 2.24) is 0 Å². The van der Waals surface area contributed by atoms with Gasteiger partial charge >= 0.3 is 0 Å². The fraction of sp³-hybridized carbons (Fsp3) is 0.350. The van der Waals surface area contributed by atoms with E-state index in [1.54, 1.807) is 0 Å². The number of thioether (sulfide) groups is 1. The summed E-state index contributed by atoms with van der Waals surface area (Å²) in [6.45, 7) is 4.81. The molecule has 0 amide bonds. The Morgan fingerprint density at radius 3 is 2.26 bits per heavy atom. The van der Waals surface area contributed by atoms with Gasteiger partial charge in [-0.1, -0.05) is 44.0 Å². The molecule has 0 atom stereocenters. The first-order chi connectivity index (χ1) is 11.2. The first-order valence-electron chi connectivity index (χ1n) is 8.27. The summed E-state index contributed by atoms with van der Waals surface area (Å²) in [5, 5.41) is 0.0780. The molecule has 3 heteroatoms. The fourth-order valence-corrected chi connectivity index (χ4v) is 3.06. The Hall–Kier alpha value is -1.74. The Bertz CT molecular complexity index is 603. The van der Waals surface area contributed by atoms with Crippen LogP contribution >= 0.6 is 11.8 Å². The molecular weight excluding hydrogens is 304 g/mol. The van der Waals surface area contributed by atoms with E-state index in [4.69, 9.17) is 4.74 Å². The van der Waals surface area contributed by atoms with Crippen molar-refractivity contribution < 1.29 is 9.53 Å². The van der Waals surface area contributed by atoms with Gasteiger partial charge in [-0.2, -0.15) is 0 Å². The van der Waals surface area contributed by atoms with Crippen LogP contribution in [0.4, 0.5) is 0 Å². The predicted octanol–water partition coefficient (Wildman–Crippen LogP) is 5.75. The SMILES string of the molecule is CCCCCc1ccc(C(=O)Sc2ccc(OCC)cc2)cc1. The molecule has 0 radical (unpaired) electrons. The van der Waals surface area contributed by atoms with Gasteiger partial charge in [0.2, 0.25) is 5.12 Å². The van der Waals surface area contributed by atoms with E-state index in [1.807, 2.05) is 43.3 Å². The average Bonchev–Trinajstić information content (AvgIpc) is 2.58. The largest absolute Gasteiger partial charge is 0.494 e. The molecule has 0 N–H and O–H groups in total. The number of unbranched alkanes of at least 4 members (excludes halogenated alkanes) is 2. The second-order valence-corrected chi connectivity index (χ2v) is 6.49. The van der Waals surface area contributed by atoms with E-state index in [1.165, 1.54) is 36.6 Å². The van der Waals surface area contributed by atoms with Crippen LogP contribution in [0.3, 0.4) is 0 Å². The summed E-state index contributed by atoms with van der Waals surface area (Å²) in [5.74, 6) is 0.834. The van der Waals surface area contributed by atoms with Crippen molar-refractivity contribution >= 4 is 16.9 Å². The van der Waals surface area contributed by atoms with Crippen molar-refractivity contribution in [2.75, 3.05) is 6.61 Å². The third-order valence-electron chi connectivity index (χ3n) is 3.60. The molecule has 0 aliphatic rings. The standard InChI is InChI=1S/C20H24O2S/c1-3-5-6-7-16-8-10-17(11-9-16)20(21)23-19-14-12-18(13-15-19)22-4-2/h8-15H,3-7H2,1-2H3. The van der Waals surface area contributed by atoms with Gasteiger partial charge in [0, 0.05) is 10.5 Å². The monoisotopic (exact) mass is 328 g/mol. The molecule has 0 bridgehead atoms. The predicted molar refractivity (Wildman–Crippen MR) is 97.5 cm³/mol. The number of hydrogen-bond donors (Lipinski definition) is 0. The van der Waals surface area contributed by atoms with Crippen molar-refractivity contribution in [3.05, 3.63) is 59.7 Å². The normalized spacial score (nSPS) is 10.5. The zero-order valence-electron chi connectivity index (χ0n) is 13.9. The van der Waals surface area contributed by atoms with Crippen molar-refractivity contribution in [2.45, 2.75) is 44.4 Å². The topological polar surface area (TPSA) is 26.3 Å². The zero-order chi connectivity index (χ0) is 16.5. The highest BCUT2D eigenvalue weighted by Crippen LogP contribution is 2.25. The highest BCUT2D eigenvalue weighted by Gasteiger charge is 2.08. The number of carbonyl (C=O) groups excluding carboxylic acids is 1. The number of benzene rings is 2. The van der Waals surface area contributed by atoms with Crippen molar-refractivity contribution in [2.24, 2.45) is 0 Å². The Kier molecular flexibility index (Phi) is 7.21. The van der Waals surface area contributed by atoms with Gasteiger partial charge in [0.25, 0.3) is 0 Å². The van der Waals surface area contributed by atoms with E-state index >= 15 is 0 Å². The molecule has 0 aromatic heterocycles. The lowest BCUT2D eigenvalue weighted by Gasteiger charge is -2.05. The minimum atomic E-state index is 0.0780. The summed E-state index contributed by atoms with van der Waals surface area (Å²) >= 11 is 1.26. The lowest BCUT2D eigenvalue weighted by Crippen LogP contribution is -1.95. The van der Waals surface area contributed by atoms with Crippen LogP contribution in [0.25, 0.3) is 0 Å². The Morgan fingerprint density at radius 2 is 1.65 bits per heavy atom.